The Labute approximate surface area is 189 Å². The summed E-state index contributed by atoms with van der Waals surface area (Å²) in [7, 11) is -3.83. The first kappa shape index (κ1) is 23.5. The molecule has 3 rings (SSSR count). The molecule has 0 spiro atoms. The lowest BCUT2D eigenvalue weighted by Gasteiger charge is -2.17. The number of amides is 1. The first-order chi connectivity index (χ1) is 15.1. The fraction of sp³-hybridized carbons (Fsp3) is 0.190. The summed E-state index contributed by atoms with van der Waals surface area (Å²) in [5.74, 6) is -0.760. The Hall–Kier alpha value is -3.15. The van der Waals surface area contributed by atoms with Gasteiger partial charge in [0.05, 0.1) is 21.4 Å². The van der Waals surface area contributed by atoms with Gasteiger partial charge in [0.25, 0.3) is 5.56 Å². The van der Waals surface area contributed by atoms with Crippen LogP contribution in [-0.2, 0) is 21.2 Å². The highest BCUT2D eigenvalue weighted by atomic mass is 32.2. The van der Waals surface area contributed by atoms with Crippen molar-refractivity contribution in [1.29, 1.82) is 0 Å². The highest BCUT2D eigenvalue weighted by molar-refractivity contribution is 8.00. The van der Waals surface area contributed by atoms with Crippen LogP contribution in [0.5, 0.6) is 5.88 Å². The molecule has 1 heterocycles. The zero-order valence-electron chi connectivity index (χ0n) is 17.3. The fourth-order valence-corrected chi connectivity index (χ4v) is 4.33. The molecule has 0 aliphatic rings. The average molecular weight is 475 g/mol. The number of hydrogen-bond acceptors (Lipinski definition) is 7. The van der Waals surface area contributed by atoms with E-state index in [4.69, 9.17) is 5.14 Å². The molecule has 1 unspecified atom stereocenters. The molecule has 0 saturated heterocycles. The van der Waals surface area contributed by atoms with E-state index >= 15 is 0 Å². The lowest BCUT2D eigenvalue weighted by Crippen LogP contribution is -2.27. The lowest BCUT2D eigenvalue weighted by molar-refractivity contribution is -0.115. The van der Waals surface area contributed by atoms with Crippen LogP contribution < -0.4 is 16.0 Å². The summed E-state index contributed by atoms with van der Waals surface area (Å²) in [6.07, 6.45) is 0.306. The van der Waals surface area contributed by atoms with Gasteiger partial charge in [-0.05, 0) is 49.7 Å². The van der Waals surface area contributed by atoms with Gasteiger partial charge in [0.1, 0.15) is 0 Å². The standard InChI is InChI=1S/C21H22N4O5S2/c1-3-17-19(27)24-21(25(20(17)28)15-7-5-4-6-8-15)31-13(2)18(26)23-14-9-11-16(12-10-14)32(22,29)30/h4-13,27H,3H2,1-2H3,(H,23,26)(H2,22,29,30). The summed E-state index contributed by atoms with van der Waals surface area (Å²) < 4.78 is 24.1. The first-order valence-corrected chi connectivity index (χ1v) is 12.0. The van der Waals surface area contributed by atoms with Crippen molar-refractivity contribution in [2.24, 2.45) is 5.14 Å². The van der Waals surface area contributed by atoms with Gasteiger partial charge in [0.15, 0.2) is 5.16 Å². The van der Waals surface area contributed by atoms with Crippen molar-refractivity contribution in [3.63, 3.8) is 0 Å². The Bertz CT molecular complexity index is 1290. The van der Waals surface area contributed by atoms with E-state index in [0.717, 1.165) is 11.8 Å². The Morgan fingerprint density at radius 1 is 1.19 bits per heavy atom. The van der Waals surface area contributed by atoms with Crippen molar-refractivity contribution in [2.45, 2.75) is 35.6 Å². The smallest absolute Gasteiger partial charge is 0.265 e. The van der Waals surface area contributed by atoms with Crippen molar-refractivity contribution in [2.75, 3.05) is 5.32 Å². The molecule has 4 N–H and O–H groups in total. The molecule has 2 aromatic carbocycles. The van der Waals surface area contributed by atoms with E-state index in [9.17, 15) is 23.1 Å². The third-order valence-electron chi connectivity index (χ3n) is 4.59. The number of nitrogens with two attached hydrogens (primary N) is 1. The topological polar surface area (TPSA) is 144 Å². The largest absolute Gasteiger partial charge is 0.493 e. The van der Waals surface area contributed by atoms with Crippen molar-refractivity contribution < 1.29 is 18.3 Å². The van der Waals surface area contributed by atoms with Gasteiger partial charge in [0.2, 0.25) is 21.8 Å². The summed E-state index contributed by atoms with van der Waals surface area (Å²) in [5, 5.41) is 17.5. The van der Waals surface area contributed by atoms with Gasteiger partial charge >= 0.3 is 0 Å². The molecule has 1 atom stereocenters. The number of carbonyl (C=O) groups excluding carboxylic acids is 1. The van der Waals surface area contributed by atoms with Gasteiger partial charge in [-0.1, -0.05) is 36.9 Å². The Kier molecular flexibility index (Phi) is 7.02. The number of nitrogens with one attached hydrogen (secondary N) is 1. The van der Waals surface area contributed by atoms with Gasteiger partial charge in [-0.25, -0.2) is 13.6 Å². The second kappa shape index (κ2) is 9.55. The lowest BCUT2D eigenvalue weighted by atomic mass is 10.2. The fourth-order valence-electron chi connectivity index (χ4n) is 2.90. The van der Waals surface area contributed by atoms with Crippen LogP contribution in [0.4, 0.5) is 5.69 Å². The Morgan fingerprint density at radius 3 is 2.38 bits per heavy atom. The van der Waals surface area contributed by atoms with Crippen LogP contribution in [0.25, 0.3) is 5.69 Å². The van der Waals surface area contributed by atoms with E-state index in [1.54, 1.807) is 38.1 Å². The zero-order valence-corrected chi connectivity index (χ0v) is 19.0. The van der Waals surface area contributed by atoms with E-state index < -0.39 is 26.7 Å². The van der Waals surface area contributed by atoms with E-state index in [1.165, 1.54) is 28.8 Å². The molecule has 3 aromatic rings. The van der Waals surface area contributed by atoms with E-state index in [2.05, 4.69) is 10.3 Å². The maximum atomic E-state index is 13.0. The van der Waals surface area contributed by atoms with E-state index in [1.807, 2.05) is 6.07 Å². The van der Waals surface area contributed by atoms with Crippen molar-refractivity contribution >= 4 is 33.4 Å². The third kappa shape index (κ3) is 5.18. The van der Waals surface area contributed by atoms with Crippen LogP contribution in [-0.4, -0.2) is 34.2 Å². The number of rotatable bonds is 7. The summed E-state index contributed by atoms with van der Waals surface area (Å²) in [6, 6.07) is 14.3. The molecule has 0 radical (unpaired) electrons. The number of hydrogen-bond donors (Lipinski definition) is 3. The average Bonchev–Trinajstić information content (AvgIpc) is 2.74. The number of primary sulfonamides is 1. The summed E-state index contributed by atoms with van der Waals surface area (Å²) in [5.41, 5.74) is 0.728. The second-order valence-electron chi connectivity index (χ2n) is 6.84. The number of anilines is 1. The number of nitrogens with zero attached hydrogens (tertiary/aromatic N) is 2. The summed E-state index contributed by atoms with van der Waals surface area (Å²) >= 11 is 1.01. The molecule has 168 valence electrons. The van der Waals surface area contributed by atoms with Gasteiger partial charge in [0, 0.05) is 5.69 Å². The predicted octanol–water partition coefficient (Wildman–Crippen LogP) is 2.27. The number of aromatic hydroxyl groups is 1. The SMILES string of the molecule is CCc1c(O)nc(SC(C)C(=O)Nc2ccc(S(N)(=O)=O)cc2)n(-c2ccccc2)c1=O. The van der Waals surface area contributed by atoms with Crippen molar-refractivity contribution in [3.8, 4) is 11.6 Å². The van der Waals surface area contributed by atoms with Gasteiger partial charge in [-0.2, -0.15) is 4.98 Å². The normalized spacial score (nSPS) is 12.3. The number of carbonyl (C=O) groups is 1. The Balaban J connectivity index is 1.88. The van der Waals surface area contributed by atoms with Crippen LogP contribution in [0.3, 0.4) is 0 Å². The second-order valence-corrected chi connectivity index (χ2v) is 9.71. The minimum atomic E-state index is -3.83. The monoisotopic (exact) mass is 474 g/mol. The van der Waals surface area contributed by atoms with Crippen LogP contribution in [0.1, 0.15) is 19.4 Å². The predicted molar refractivity (Wildman–Crippen MR) is 123 cm³/mol. The van der Waals surface area contributed by atoms with Crippen LogP contribution in [0.2, 0.25) is 0 Å². The summed E-state index contributed by atoms with van der Waals surface area (Å²) in [4.78, 5) is 29.8. The van der Waals surface area contributed by atoms with Crippen LogP contribution in [0, 0.1) is 0 Å². The number of para-hydroxylation sites is 1. The molecule has 11 heteroatoms. The number of sulfonamides is 1. The Morgan fingerprint density at radius 2 is 1.81 bits per heavy atom. The maximum Gasteiger partial charge on any atom is 0.265 e. The molecule has 0 aliphatic heterocycles. The third-order valence-corrected chi connectivity index (χ3v) is 6.58. The first-order valence-electron chi connectivity index (χ1n) is 9.62. The van der Waals surface area contributed by atoms with Crippen LogP contribution >= 0.6 is 11.8 Å². The molecule has 0 fully saturated rings. The minimum Gasteiger partial charge on any atom is -0.493 e. The highest BCUT2D eigenvalue weighted by Crippen LogP contribution is 2.27. The van der Waals surface area contributed by atoms with E-state index in [0.29, 0.717) is 17.8 Å². The number of thioether (sulfide) groups is 1. The van der Waals surface area contributed by atoms with Crippen molar-refractivity contribution in [3.05, 3.63) is 70.5 Å². The molecule has 1 aromatic heterocycles. The van der Waals surface area contributed by atoms with E-state index in [-0.39, 0.29) is 21.5 Å². The van der Waals surface area contributed by atoms with Gasteiger partial charge in [-0.15, -0.1) is 0 Å². The minimum absolute atomic E-state index is 0.0690. The quantitative estimate of drug-likeness (QED) is 0.352. The molecule has 1 amide bonds. The highest BCUT2D eigenvalue weighted by Gasteiger charge is 2.22. The molecule has 9 nitrogen and oxygen atoms in total. The number of aromatic nitrogens is 2. The van der Waals surface area contributed by atoms with Crippen molar-refractivity contribution in [1.82, 2.24) is 9.55 Å². The molecule has 0 saturated carbocycles. The van der Waals surface area contributed by atoms with Crippen LogP contribution in [0.15, 0.2) is 69.4 Å². The molecule has 0 aliphatic carbocycles. The molecular formula is C21H22N4O5S2. The molecule has 32 heavy (non-hydrogen) atoms. The maximum absolute atomic E-state index is 13.0. The summed E-state index contributed by atoms with van der Waals surface area (Å²) in [6.45, 7) is 3.38. The van der Waals surface area contributed by atoms with Gasteiger partial charge in [-0.3, -0.25) is 14.2 Å². The number of benzene rings is 2. The molecule has 0 bridgehead atoms. The van der Waals surface area contributed by atoms with Gasteiger partial charge < -0.3 is 10.4 Å². The molecular weight excluding hydrogens is 452 g/mol. The zero-order chi connectivity index (χ0) is 23.5.